The van der Waals surface area contributed by atoms with Crippen LogP contribution in [-0.4, -0.2) is 15.0 Å². The molecule has 2 heterocycles. The molecule has 7 heteroatoms. The monoisotopic (exact) mass is 365 g/mol. The van der Waals surface area contributed by atoms with Gasteiger partial charge < -0.3 is 0 Å². The van der Waals surface area contributed by atoms with Gasteiger partial charge in [-0.3, -0.25) is 0 Å². The summed E-state index contributed by atoms with van der Waals surface area (Å²) in [5.74, 6) is 0. The van der Waals surface area contributed by atoms with E-state index in [1.807, 2.05) is 24.4 Å². The summed E-state index contributed by atoms with van der Waals surface area (Å²) in [5, 5.41) is 1.99. The number of thiophene rings is 2. The van der Waals surface area contributed by atoms with Crippen molar-refractivity contribution in [2.45, 2.75) is 17.6 Å². The van der Waals surface area contributed by atoms with E-state index in [1.54, 1.807) is 17.4 Å². The average molecular weight is 366 g/mol. The van der Waals surface area contributed by atoms with Gasteiger partial charge in [-0.05, 0) is 52.4 Å². The van der Waals surface area contributed by atoms with Gasteiger partial charge >= 0.3 is 0 Å². The second-order valence-corrected chi connectivity index (χ2v) is 9.15. The molecule has 0 bridgehead atoms. The number of sulfonamides is 1. The normalized spacial score (nSPS) is 11.9. The Bertz CT molecular complexity index is 597. The topological polar surface area (TPSA) is 46.2 Å². The molecule has 1 N–H and O–H groups in total. The number of hydrogen-bond acceptors (Lipinski definition) is 4. The minimum atomic E-state index is -3.37. The zero-order chi connectivity index (χ0) is 13.2. The van der Waals surface area contributed by atoms with E-state index >= 15 is 0 Å². The van der Waals surface area contributed by atoms with Crippen LogP contribution in [0.3, 0.4) is 0 Å². The van der Waals surface area contributed by atoms with Crippen molar-refractivity contribution in [1.82, 2.24) is 4.72 Å². The quantitative estimate of drug-likeness (QED) is 0.882. The zero-order valence-electron chi connectivity index (χ0n) is 9.64. The molecule has 0 saturated heterocycles. The smallest absolute Gasteiger partial charge is 0.210 e. The summed E-state index contributed by atoms with van der Waals surface area (Å²) >= 11 is 6.21. The van der Waals surface area contributed by atoms with Crippen LogP contribution >= 0.6 is 38.6 Å². The lowest BCUT2D eigenvalue weighted by Gasteiger charge is -2.03. The lowest BCUT2D eigenvalue weighted by atomic mass is 10.3. The summed E-state index contributed by atoms with van der Waals surface area (Å²) in [5.41, 5.74) is 0.943. The molecule has 0 unspecified atom stereocenters. The van der Waals surface area contributed by atoms with Gasteiger partial charge in [0.25, 0.3) is 0 Å². The van der Waals surface area contributed by atoms with Crippen molar-refractivity contribution in [2.75, 3.05) is 6.54 Å². The van der Waals surface area contributed by atoms with Crippen molar-refractivity contribution in [1.29, 1.82) is 0 Å². The molecule has 3 nitrogen and oxygen atoms in total. The maximum atomic E-state index is 12.0. The highest BCUT2D eigenvalue weighted by molar-refractivity contribution is 9.11. The van der Waals surface area contributed by atoms with Gasteiger partial charge in [0.15, 0.2) is 0 Å². The molecule has 0 aromatic carbocycles. The molecule has 0 spiro atoms. The van der Waals surface area contributed by atoms with Gasteiger partial charge in [0, 0.05) is 11.4 Å². The summed E-state index contributed by atoms with van der Waals surface area (Å²) in [6.45, 7) is 2.31. The number of hydrogen-bond donors (Lipinski definition) is 1. The van der Waals surface area contributed by atoms with E-state index in [9.17, 15) is 8.42 Å². The fourth-order valence-corrected chi connectivity index (χ4v) is 5.41. The van der Waals surface area contributed by atoms with Crippen molar-refractivity contribution in [2.24, 2.45) is 0 Å². The van der Waals surface area contributed by atoms with E-state index in [4.69, 9.17) is 0 Å². The molecule has 2 rings (SSSR count). The Hall–Kier alpha value is -0.210. The lowest BCUT2D eigenvalue weighted by molar-refractivity contribution is 0.584. The van der Waals surface area contributed by atoms with Crippen molar-refractivity contribution < 1.29 is 8.42 Å². The van der Waals surface area contributed by atoms with Crippen molar-refractivity contribution in [3.8, 4) is 0 Å². The van der Waals surface area contributed by atoms with Crippen molar-refractivity contribution >= 4 is 48.6 Å². The molecule has 0 amide bonds. The number of halogens is 1. The van der Waals surface area contributed by atoms with Crippen molar-refractivity contribution in [3.05, 3.63) is 37.8 Å². The third kappa shape index (κ3) is 3.42. The molecule has 0 aliphatic carbocycles. The summed E-state index contributed by atoms with van der Waals surface area (Å²) in [6, 6.07) is 5.65. The summed E-state index contributed by atoms with van der Waals surface area (Å²) < 4.78 is 27.9. The van der Waals surface area contributed by atoms with Gasteiger partial charge in [0.2, 0.25) is 10.0 Å². The predicted molar refractivity (Wildman–Crippen MR) is 80.0 cm³/mol. The van der Waals surface area contributed by atoms with E-state index in [-0.39, 0.29) is 0 Å². The Kier molecular flexibility index (Phi) is 4.60. The van der Waals surface area contributed by atoms with Crippen LogP contribution in [0, 0.1) is 6.92 Å². The van der Waals surface area contributed by atoms with Gasteiger partial charge in [-0.25, -0.2) is 13.1 Å². The summed E-state index contributed by atoms with van der Waals surface area (Å²) in [6.07, 6.45) is 0.725. The van der Waals surface area contributed by atoms with E-state index in [1.165, 1.54) is 16.2 Å². The molecule has 0 aliphatic heterocycles. The highest BCUT2D eigenvalue weighted by Crippen LogP contribution is 2.30. The van der Waals surface area contributed by atoms with Crippen LogP contribution in [-0.2, 0) is 16.4 Å². The van der Waals surface area contributed by atoms with E-state index in [0.717, 1.165) is 15.8 Å². The maximum Gasteiger partial charge on any atom is 0.250 e. The van der Waals surface area contributed by atoms with E-state index in [0.29, 0.717) is 10.8 Å². The predicted octanol–water partition coefficient (Wildman–Crippen LogP) is 3.40. The van der Waals surface area contributed by atoms with Crippen molar-refractivity contribution in [3.63, 3.8) is 0 Å². The molecule has 18 heavy (non-hydrogen) atoms. The lowest BCUT2D eigenvalue weighted by Crippen LogP contribution is -2.25. The molecule has 0 fully saturated rings. The van der Waals surface area contributed by atoms with E-state index < -0.39 is 10.0 Å². The van der Waals surface area contributed by atoms with Gasteiger partial charge in [0.1, 0.15) is 4.21 Å². The number of aryl methyl sites for hydroxylation is 1. The van der Waals surface area contributed by atoms with Crippen LogP contribution in [0.15, 0.2) is 31.6 Å². The molecule has 0 saturated carbocycles. The molecule has 2 aromatic rings. The molecule has 98 valence electrons. The summed E-state index contributed by atoms with van der Waals surface area (Å²) in [4.78, 5) is 1.18. The Morgan fingerprint density at radius 2 is 2.22 bits per heavy atom. The minimum absolute atomic E-state index is 0.359. The molecule has 2 aromatic heterocycles. The van der Waals surface area contributed by atoms with Gasteiger partial charge in [-0.2, -0.15) is 0 Å². The number of rotatable bonds is 5. The average Bonchev–Trinajstić information content (AvgIpc) is 2.90. The molecule has 0 aliphatic rings. The first-order valence-electron chi connectivity index (χ1n) is 5.27. The molecule has 0 atom stereocenters. The first kappa shape index (κ1) is 14.2. The molecule has 0 radical (unpaired) electrons. The Morgan fingerprint density at radius 1 is 1.44 bits per heavy atom. The van der Waals surface area contributed by atoms with Crippen LogP contribution in [0.2, 0.25) is 0 Å². The first-order valence-corrected chi connectivity index (χ1v) is 9.24. The Labute approximate surface area is 123 Å². The standard InChI is InChI=1S/C11H12BrNO2S3/c1-8-7-10(17-11(8)12)18(14,15)13-5-4-9-3-2-6-16-9/h2-3,6-7,13H,4-5H2,1H3. The van der Waals surface area contributed by atoms with Gasteiger partial charge in [-0.15, -0.1) is 22.7 Å². The third-order valence-electron chi connectivity index (χ3n) is 2.34. The maximum absolute atomic E-state index is 12.0. The largest absolute Gasteiger partial charge is 0.250 e. The second kappa shape index (κ2) is 5.83. The SMILES string of the molecule is Cc1cc(S(=O)(=O)NCCc2cccs2)sc1Br. The Morgan fingerprint density at radius 3 is 2.78 bits per heavy atom. The van der Waals surface area contributed by atoms with Gasteiger partial charge in [0.05, 0.1) is 3.79 Å². The van der Waals surface area contributed by atoms with E-state index in [2.05, 4.69) is 20.7 Å². The first-order chi connectivity index (χ1) is 8.49. The molecular formula is C11H12BrNO2S3. The molecular weight excluding hydrogens is 354 g/mol. The van der Waals surface area contributed by atoms with Gasteiger partial charge in [-0.1, -0.05) is 6.07 Å². The zero-order valence-corrected chi connectivity index (χ0v) is 13.7. The van der Waals surface area contributed by atoms with Crippen LogP contribution < -0.4 is 4.72 Å². The second-order valence-electron chi connectivity index (χ2n) is 3.75. The van der Waals surface area contributed by atoms with Crippen LogP contribution in [0.1, 0.15) is 10.4 Å². The summed E-state index contributed by atoms with van der Waals surface area (Å²) in [7, 11) is -3.37. The minimum Gasteiger partial charge on any atom is -0.210 e. The van der Waals surface area contributed by atoms with Crippen LogP contribution in [0.5, 0.6) is 0 Å². The fraction of sp³-hybridized carbons (Fsp3) is 0.273. The third-order valence-corrected chi connectivity index (χ3v) is 7.35. The highest BCUT2D eigenvalue weighted by Gasteiger charge is 2.17. The van der Waals surface area contributed by atoms with Crippen LogP contribution in [0.25, 0.3) is 0 Å². The Balaban J connectivity index is 1.99. The highest BCUT2D eigenvalue weighted by atomic mass is 79.9. The number of nitrogens with one attached hydrogen (secondary N) is 1. The fourth-order valence-electron chi connectivity index (χ4n) is 1.40. The van der Waals surface area contributed by atoms with Crippen LogP contribution in [0.4, 0.5) is 0 Å².